The third kappa shape index (κ3) is 4.19. The summed E-state index contributed by atoms with van der Waals surface area (Å²) in [5.74, 6) is 1.19. The van der Waals surface area contributed by atoms with Gasteiger partial charge >= 0.3 is 0 Å². The second-order valence-electron chi connectivity index (χ2n) is 6.48. The first kappa shape index (κ1) is 15.8. The summed E-state index contributed by atoms with van der Waals surface area (Å²) < 4.78 is 0. The fraction of sp³-hybridized carbons (Fsp3) is 0.938. The zero-order valence-electron chi connectivity index (χ0n) is 12.9. The zero-order valence-corrected chi connectivity index (χ0v) is 12.9. The van der Waals surface area contributed by atoms with Gasteiger partial charge in [0.2, 0.25) is 5.91 Å². The van der Waals surface area contributed by atoms with E-state index < -0.39 is 0 Å². The lowest BCUT2D eigenvalue weighted by Gasteiger charge is -2.29. The van der Waals surface area contributed by atoms with Crippen LogP contribution in [0.1, 0.15) is 51.9 Å². The smallest absolute Gasteiger partial charge is 0.223 e. The van der Waals surface area contributed by atoms with Crippen molar-refractivity contribution in [2.45, 2.75) is 57.9 Å². The second-order valence-corrected chi connectivity index (χ2v) is 6.48. The zero-order chi connectivity index (χ0) is 14.4. The van der Waals surface area contributed by atoms with Crippen molar-refractivity contribution in [2.75, 3.05) is 26.2 Å². The molecular formula is C16H31N3O. The van der Waals surface area contributed by atoms with Gasteiger partial charge in [0.25, 0.3) is 0 Å². The molecule has 1 aliphatic heterocycles. The average Bonchev–Trinajstić information content (AvgIpc) is 2.93. The molecule has 1 saturated carbocycles. The summed E-state index contributed by atoms with van der Waals surface area (Å²) in [4.78, 5) is 14.8. The quantitative estimate of drug-likeness (QED) is 0.780. The van der Waals surface area contributed by atoms with Crippen molar-refractivity contribution < 1.29 is 4.79 Å². The van der Waals surface area contributed by atoms with Crippen molar-refractivity contribution in [2.24, 2.45) is 17.6 Å². The van der Waals surface area contributed by atoms with Gasteiger partial charge in [0.15, 0.2) is 0 Å². The van der Waals surface area contributed by atoms with E-state index in [2.05, 4.69) is 17.1 Å². The number of likely N-dealkylation sites (N-methyl/N-ethyl adjacent to an activating group) is 1. The number of hydrogen-bond donors (Lipinski definition) is 2. The van der Waals surface area contributed by atoms with E-state index in [0.29, 0.717) is 12.0 Å². The lowest BCUT2D eigenvalue weighted by atomic mass is 9.79. The molecular weight excluding hydrogens is 250 g/mol. The number of rotatable bonds is 6. The first-order valence-electron chi connectivity index (χ1n) is 8.46. The topological polar surface area (TPSA) is 58.4 Å². The van der Waals surface area contributed by atoms with Crippen LogP contribution in [0.4, 0.5) is 0 Å². The van der Waals surface area contributed by atoms with Crippen molar-refractivity contribution in [3.8, 4) is 0 Å². The van der Waals surface area contributed by atoms with E-state index >= 15 is 0 Å². The van der Waals surface area contributed by atoms with E-state index in [0.717, 1.165) is 38.9 Å². The molecule has 1 saturated heterocycles. The lowest BCUT2D eigenvalue weighted by molar-refractivity contribution is -0.126. The van der Waals surface area contributed by atoms with E-state index in [1.54, 1.807) is 0 Å². The minimum absolute atomic E-state index is 0.233. The SMILES string of the molecule is CCN1CCCC1CNC(=O)C1CCCC(CCN)C1. The molecule has 3 unspecified atom stereocenters. The first-order chi connectivity index (χ1) is 9.74. The number of nitrogens with zero attached hydrogens (tertiary/aromatic N) is 1. The Morgan fingerprint density at radius 3 is 2.90 bits per heavy atom. The van der Waals surface area contributed by atoms with Gasteiger partial charge in [-0.05, 0) is 57.7 Å². The van der Waals surface area contributed by atoms with Crippen LogP contribution in [0.2, 0.25) is 0 Å². The Labute approximate surface area is 123 Å². The van der Waals surface area contributed by atoms with E-state index in [9.17, 15) is 4.79 Å². The molecule has 0 aromatic rings. The highest BCUT2D eigenvalue weighted by atomic mass is 16.1. The molecule has 1 aliphatic carbocycles. The summed E-state index contributed by atoms with van der Waals surface area (Å²) in [7, 11) is 0. The van der Waals surface area contributed by atoms with Gasteiger partial charge < -0.3 is 11.1 Å². The van der Waals surface area contributed by atoms with Crippen LogP contribution in [-0.4, -0.2) is 43.0 Å². The summed E-state index contributed by atoms with van der Waals surface area (Å²) in [6.07, 6.45) is 8.14. The lowest BCUT2D eigenvalue weighted by Crippen LogP contribution is -2.42. The summed E-state index contributed by atoms with van der Waals surface area (Å²) in [5, 5.41) is 3.21. The molecule has 2 aliphatic rings. The molecule has 4 heteroatoms. The molecule has 1 heterocycles. The number of likely N-dealkylation sites (tertiary alicyclic amines) is 1. The van der Waals surface area contributed by atoms with Crippen LogP contribution in [0.15, 0.2) is 0 Å². The molecule has 0 radical (unpaired) electrons. The van der Waals surface area contributed by atoms with E-state index in [1.807, 2.05) is 0 Å². The monoisotopic (exact) mass is 281 g/mol. The highest BCUT2D eigenvalue weighted by Crippen LogP contribution is 2.31. The highest BCUT2D eigenvalue weighted by Gasteiger charge is 2.28. The first-order valence-corrected chi connectivity index (χ1v) is 8.46. The van der Waals surface area contributed by atoms with Crippen molar-refractivity contribution >= 4 is 5.91 Å². The molecule has 0 aromatic heterocycles. The summed E-state index contributed by atoms with van der Waals surface area (Å²) in [6, 6.07) is 0.562. The van der Waals surface area contributed by atoms with Crippen LogP contribution >= 0.6 is 0 Å². The predicted octanol–water partition coefficient (Wildman–Crippen LogP) is 1.74. The Balaban J connectivity index is 1.73. The summed E-state index contributed by atoms with van der Waals surface area (Å²) in [5.41, 5.74) is 5.65. The molecule has 0 spiro atoms. The summed E-state index contributed by atoms with van der Waals surface area (Å²) >= 11 is 0. The van der Waals surface area contributed by atoms with Crippen LogP contribution < -0.4 is 11.1 Å². The fourth-order valence-electron chi connectivity index (χ4n) is 3.93. The molecule has 0 bridgehead atoms. The maximum Gasteiger partial charge on any atom is 0.223 e. The van der Waals surface area contributed by atoms with Gasteiger partial charge in [-0.15, -0.1) is 0 Å². The molecule has 20 heavy (non-hydrogen) atoms. The maximum atomic E-state index is 12.3. The Morgan fingerprint density at radius 2 is 2.15 bits per heavy atom. The Kier molecular flexibility index (Phi) is 6.30. The van der Waals surface area contributed by atoms with Gasteiger partial charge in [-0.1, -0.05) is 19.8 Å². The Morgan fingerprint density at radius 1 is 1.30 bits per heavy atom. The third-order valence-electron chi connectivity index (χ3n) is 5.15. The van der Waals surface area contributed by atoms with E-state index in [-0.39, 0.29) is 11.8 Å². The van der Waals surface area contributed by atoms with Crippen molar-refractivity contribution in [1.29, 1.82) is 0 Å². The molecule has 1 amide bonds. The minimum Gasteiger partial charge on any atom is -0.354 e. The van der Waals surface area contributed by atoms with Gasteiger partial charge in [-0.3, -0.25) is 9.69 Å². The molecule has 116 valence electrons. The van der Waals surface area contributed by atoms with Crippen LogP contribution in [0, 0.1) is 11.8 Å². The highest BCUT2D eigenvalue weighted by molar-refractivity contribution is 5.78. The second kappa shape index (κ2) is 7.99. The van der Waals surface area contributed by atoms with Gasteiger partial charge in [0.1, 0.15) is 0 Å². The fourth-order valence-corrected chi connectivity index (χ4v) is 3.93. The number of carbonyl (C=O) groups is 1. The number of amides is 1. The number of nitrogens with two attached hydrogens (primary N) is 1. The Bertz CT molecular complexity index is 306. The van der Waals surface area contributed by atoms with Crippen LogP contribution in [0.25, 0.3) is 0 Å². The Hall–Kier alpha value is -0.610. The molecule has 2 fully saturated rings. The third-order valence-corrected chi connectivity index (χ3v) is 5.15. The average molecular weight is 281 g/mol. The number of hydrogen-bond acceptors (Lipinski definition) is 3. The van der Waals surface area contributed by atoms with Crippen LogP contribution in [-0.2, 0) is 4.79 Å². The molecule has 3 N–H and O–H groups in total. The number of nitrogens with one attached hydrogen (secondary N) is 1. The largest absolute Gasteiger partial charge is 0.354 e. The van der Waals surface area contributed by atoms with Crippen molar-refractivity contribution in [3.63, 3.8) is 0 Å². The summed E-state index contributed by atoms with van der Waals surface area (Å²) in [6.45, 7) is 6.09. The normalized spacial score (nSPS) is 31.4. The molecule has 0 aromatic carbocycles. The van der Waals surface area contributed by atoms with Gasteiger partial charge in [0.05, 0.1) is 0 Å². The van der Waals surface area contributed by atoms with Gasteiger partial charge in [-0.25, -0.2) is 0 Å². The standard InChI is InChI=1S/C16H31N3O/c1-2-19-10-4-7-15(19)12-18-16(20)14-6-3-5-13(11-14)8-9-17/h13-15H,2-12,17H2,1H3,(H,18,20). The number of carbonyl (C=O) groups excluding carboxylic acids is 1. The van der Waals surface area contributed by atoms with Crippen LogP contribution in [0.5, 0.6) is 0 Å². The maximum absolute atomic E-state index is 12.3. The van der Waals surface area contributed by atoms with Crippen molar-refractivity contribution in [1.82, 2.24) is 10.2 Å². The molecule has 2 rings (SSSR count). The van der Waals surface area contributed by atoms with Crippen molar-refractivity contribution in [3.05, 3.63) is 0 Å². The predicted molar refractivity (Wildman–Crippen MR) is 82.4 cm³/mol. The van der Waals surface area contributed by atoms with Gasteiger partial charge in [0, 0.05) is 18.5 Å². The van der Waals surface area contributed by atoms with Gasteiger partial charge in [-0.2, -0.15) is 0 Å². The molecule has 3 atom stereocenters. The minimum atomic E-state index is 0.233. The molecule has 4 nitrogen and oxygen atoms in total. The van der Waals surface area contributed by atoms with Crippen LogP contribution in [0.3, 0.4) is 0 Å². The van der Waals surface area contributed by atoms with E-state index in [4.69, 9.17) is 5.73 Å². The van der Waals surface area contributed by atoms with E-state index in [1.165, 1.54) is 32.2 Å².